The summed E-state index contributed by atoms with van der Waals surface area (Å²) in [6, 6.07) is 1.60. The van der Waals surface area contributed by atoms with Crippen LogP contribution < -0.4 is 11.1 Å². The summed E-state index contributed by atoms with van der Waals surface area (Å²) in [5.41, 5.74) is 6.51. The average molecular weight is 223 g/mol. The zero-order valence-corrected chi connectivity index (χ0v) is 9.56. The summed E-state index contributed by atoms with van der Waals surface area (Å²) in [7, 11) is 1.60. The van der Waals surface area contributed by atoms with Crippen LogP contribution in [0.25, 0.3) is 0 Å². The molecule has 0 spiro atoms. The molecule has 1 amide bonds. The van der Waals surface area contributed by atoms with Crippen molar-refractivity contribution in [1.82, 2.24) is 10.3 Å². The Bertz CT molecular complexity index is 355. The number of ether oxygens (including phenoxy) is 1. The Labute approximate surface area is 95.0 Å². The van der Waals surface area contributed by atoms with Crippen LogP contribution in [0.1, 0.15) is 23.7 Å². The van der Waals surface area contributed by atoms with E-state index in [1.54, 1.807) is 19.4 Å². The van der Waals surface area contributed by atoms with Gasteiger partial charge in [-0.25, -0.2) is 0 Å². The van der Waals surface area contributed by atoms with Crippen LogP contribution in [0.15, 0.2) is 18.5 Å². The molecule has 1 heterocycles. The van der Waals surface area contributed by atoms with Crippen LogP contribution in [-0.4, -0.2) is 30.6 Å². The second-order valence-electron chi connectivity index (χ2n) is 3.50. The van der Waals surface area contributed by atoms with E-state index < -0.39 is 0 Å². The number of nitrogen functional groups attached to an aromatic ring is 1. The standard InChI is InChI=1S/C11H17N3O2/c1-3-8(7-16-2)14-11(15)9-6-13-5-4-10(9)12/h4-6,8H,3,7H2,1-2H3,(H2,12,13)(H,14,15). The Morgan fingerprint density at radius 2 is 2.44 bits per heavy atom. The Hall–Kier alpha value is -1.62. The molecule has 88 valence electrons. The molecule has 0 saturated heterocycles. The normalized spacial score (nSPS) is 12.1. The van der Waals surface area contributed by atoms with Crippen LogP contribution >= 0.6 is 0 Å². The fourth-order valence-corrected chi connectivity index (χ4v) is 1.32. The zero-order chi connectivity index (χ0) is 12.0. The number of nitrogens with zero attached hydrogens (tertiary/aromatic N) is 1. The van der Waals surface area contributed by atoms with Gasteiger partial charge in [0.2, 0.25) is 0 Å². The third-order valence-corrected chi connectivity index (χ3v) is 2.30. The fourth-order valence-electron chi connectivity index (χ4n) is 1.32. The summed E-state index contributed by atoms with van der Waals surface area (Å²) in [4.78, 5) is 15.7. The molecular weight excluding hydrogens is 206 g/mol. The van der Waals surface area contributed by atoms with Gasteiger partial charge in [-0.15, -0.1) is 0 Å². The maximum absolute atomic E-state index is 11.8. The molecule has 5 heteroatoms. The van der Waals surface area contributed by atoms with Gasteiger partial charge < -0.3 is 15.8 Å². The predicted molar refractivity (Wildman–Crippen MR) is 62.1 cm³/mol. The summed E-state index contributed by atoms with van der Waals surface area (Å²) < 4.78 is 5.00. The first-order valence-corrected chi connectivity index (χ1v) is 5.18. The lowest BCUT2D eigenvalue weighted by Gasteiger charge is -2.16. The molecule has 0 fully saturated rings. The largest absolute Gasteiger partial charge is 0.398 e. The van der Waals surface area contributed by atoms with Crippen molar-refractivity contribution in [3.05, 3.63) is 24.0 Å². The van der Waals surface area contributed by atoms with Crippen LogP contribution in [0.3, 0.4) is 0 Å². The molecule has 0 aromatic carbocycles. The van der Waals surface area contributed by atoms with Gasteiger partial charge >= 0.3 is 0 Å². The minimum absolute atomic E-state index is 0.00268. The molecule has 1 aromatic rings. The predicted octanol–water partition coefficient (Wildman–Crippen LogP) is 0.819. The molecular formula is C11H17N3O2. The van der Waals surface area contributed by atoms with Gasteiger partial charge in [-0.2, -0.15) is 0 Å². The fraction of sp³-hybridized carbons (Fsp3) is 0.455. The van der Waals surface area contributed by atoms with Crippen LogP contribution in [0.4, 0.5) is 5.69 Å². The van der Waals surface area contributed by atoms with Crippen molar-refractivity contribution in [3.8, 4) is 0 Å². The first-order chi connectivity index (χ1) is 7.69. The topological polar surface area (TPSA) is 77.2 Å². The van der Waals surface area contributed by atoms with Gasteiger partial charge in [-0.3, -0.25) is 9.78 Å². The number of nitrogens with one attached hydrogen (secondary N) is 1. The van der Waals surface area contributed by atoms with E-state index in [0.29, 0.717) is 17.9 Å². The lowest BCUT2D eigenvalue weighted by Crippen LogP contribution is -2.37. The number of pyridine rings is 1. The summed E-state index contributed by atoms with van der Waals surface area (Å²) >= 11 is 0. The Morgan fingerprint density at radius 3 is 3.00 bits per heavy atom. The molecule has 16 heavy (non-hydrogen) atoms. The molecule has 0 aliphatic heterocycles. The van der Waals surface area contributed by atoms with E-state index in [-0.39, 0.29) is 11.9 Å². The summed E-state index contributed by atoms with van der Waals surface area (Å²) in [5.74, 6) is -0.213. The highest BCUT2D eigenvalue weighted by Crippen LogP contribution is 2.08. The molecule has 5 nitrogen and oxygen atoms in total. The minimum atomic E-state index is -0.213. The third kappa shape index (κ3) is 3.20. The van der Waals surface area contributed by atoms with E-state index in [1.807, 2.05) is 6.92 Å². The first kappa shape index (κ1) is 12.4. The van der Waals surface area contributed by atoms with Gasteiger partial charge in [0.05, 0.1) is 18.2 Å². The Kier molecular flexibility index (Phi) is 4.72. The van der Waals surface area contributed by atoms with Crippen molar-refractivity contribution >= 4 is 11.6 Å². The van der Waals surface area contributed by atoms with E-state index in [9.17, 15) is 4.79 Å². The van der Waals surface area contributed by atoms with Crippen LogP contribution in [0.2, 0.25) is 0 Å². The van der Waals surface area contributed by atoms with Crippen LogP contribution in [0, 0.1) is 0 Å². The van der Waals surface area contributed by atoms with Gasteiger partial charge in [0.1, 0.15) is 0 Å². The monoisotopic (exact) mass is 223 g/mol. The van der Waals surface area contributed by atoms with Crippen molar-refractivity contribution in [2.24, 2.45) is 0 Å². The molecule has 0 aliphatic carbocycles. The second kappa shape index (κ2) is 6.07. The highest BCUT2D eigenvalue weighted by molar-refractivity contribution is 5.98. The van der Waals surface area contributed by atoms with Gasteiger partial charge in [0, 0.05) is 25.2 Å². The lowest BCUT2D eigenvalue weighted by molar-refractivity contribution is 0.0895. The molecule has 0 radical (unpaired) electrons. The van der Waals surface area contributed by atoms with E-state index >= 15 is 0 Å². The molecule has 1 rings (SSSR count). The van der Waals surface area contributed by atoms with Crippen LogP contribution in [-0.2, 0) is 4.74 Å². The molecule has 0 aliphatic rings. The smallest absolute Gasteiger partial charge is 0.255 e. The minimum Gasteiger partial charge on any atom is -0.398 e. The maximum atomic E-state index is 11.8. The number of rotatable bonds is 5. The number of amides is 1. The number of methoxy groups -OCH3 is 1. The highest BCUT2D eigenvalue weighted by atomic mass is 16.5. The van der Waals surface area contributed by atoms with Crippen molar-refractivity contribution in [1.29, 1.82) is 0 Å². The highest BCUT2D eigenvalue weighted by Gasteiger charge is 2.14. The summed E-state index contributed by atoms with van der Waals surface area (Å²) in [6.07, 6.45) is 3.82. The Balaban J connectivity index is 2.68. The van der Waals surface area contributed by atoms with Crippen molar-refractivity contribution in [2.45, 2.75) is 19.4 Å². The number of nitrogens with two attached hydrogens (primary N) is 1. The maximum Gasteiger partial charge on any atom is 0.255 e. The van der Waals surface area contributed by atoms with Crippen molar-refractivity contribution in [3.63, 3.8) is 0 Å². The number of hydrogen-bond acceptors (Lipinski definition) is 4. The zero-order valence-electron chi connectivity index (χ0n) is 9.56. The van der Waals surface area contributed by atoms with E-state index in [4.69, 9.17) is 10.5 Å². The second-order valence-corrected chi connectivity index (χ2v) is 3.50. The number of carbonyl (C=O) groups is 1. The summed E-state index contributed by atoms with van der Waals surface area (Å²) in [6.45, 7) is 2.47. The van der Waals surface area contributed by atoms with Gasteiger partial charge in [-0.05, 0) is 12.5 Å². The van der Waals surface area contributed by atoms with Crippen molar-refractivity contribution in [2.75, 3.05) is 19.5 Å². The molecule has 1 aromatic heterocycles. The van der Waals surface area contributed by atoms with Gasteiger partial charge in [-0.1, -0.05) is 6.92 Å². The lowest BCUT2D eigenvalue weighted by atomic mass is 10.2. The SMILES string of the molecule is CCC(COC)NC(=O)c1cnccc1N. The summed E-state index contributed by atoms with van der Waals surface area (Å²) in [5, 5.41) is 2.84. The van der Waals surface area contributed by atoms with Gasteiger partial charge in [0.25, 0.3) is 5.91 Å². The number of anilines is 1. The number of carbonyl (C=O) groups excluding carboxylic acids is 1. The van der Waals surface area contributed by atoms with Gasteiger partial charge in [0.15, 0.2) is 0 Å². The Morgan fingerprint density at radius 1 is 1.69 bits per heavy atom. The van der Waals surface area contributed by atoms with E-state index in [0.717, 1.165) is 6.42 Å². The molecule has 3 N–H and O–H groups in total. The molecule has 1 atom stereocenters. The van der Waals surface area contributed by atoms with E-state index in [2.05, 4.69) is 10.3 Å². The molecule has 0 bridgehead atoms. The third-order valence-electron chi connectivity index (χ3n) is 2.30. The number of aromatic nitrogens is 1. The molecule has 0 saturated carbocycles. The quantitative estimate of drug-likeness (QED) is 0.774. The average Bonchev–Trinajstić information content (AvgIpc) is 2.28. The van der Waals surface area contributed by atoms with Crippen LogP contribution in [0.5, 0.6) is 0 Å². The first-order valence-electron chi connectivity index (χ1n) is 5.18. The molecule has 1 unspecified atom stereocenters. The number of hydrogen-bond donors (Lipinski definition) is 2. The van der Waals surface area contributed by atoms with Crippen molar-refractivity contribution < 1.29 is 9.53 Å². The van der Waals surface area contributed by atoms with E-state index in [1.165, 1.54) is 6.20 Å².